The van der Waals surface area contributed by atoms with Crippen LogP contribution in [0.4, 0.5) is 34.1 Å². The number of anilines is 6. The standard InChI is InChI=1S/C39H25BN2S2/c1-24-22-32-36-33(23-24)42(31-19-11-16-27-26-14-5-9-20-34(26)43-38(27)31)30-18-8-7-17-29(30)40(36)39-37(28-15-6-10-21-35(28)44-39)41(32)25-12-3-2-4-13-25/h2-23H,1H3. The van der Waals surface area contributed by atoms with Crippen molar-refractivity contribution in [3.05, 3.63) is 139 Å². The summed E-state index contributed by atoms with van der Waals surface area (Å²) < 4.78 is 5.41. The highest BCUT2D eigenvalue weighted by Crippen LogP contribution is 2.50. The van der Waals surface area contributed by atoms with Crippen molar-refractivity contribution >= 4 is 109 Å². The van der Waals surface area contributed by atoms with E-state index in [1.165, 1.54) is 85.6 Å². The van der Waals surface area contributed by atoms with Gasteiger partial charge >= 0.3 is 0 Å². The van der Waals surface area contributed by atoms with E-state index in [0.717, 1.165) is 0 Å². The second kappa shape index (κ2) is 9.09. The molecule has 2 nitrogen and oxygen atoms in total. The van der Waals surface area contributed by atoms with Gasteiger partial charge in [0.1, 0.15) is 0 Å². The highest BCUT2D eigenvalue weighted by Gasteiger charge is 2.45. The van der Waals surface area contributed by atoms with E-state index < -0.39 is 0 Å². The lowest BCUT2D eigenvalue weighted by molar-refractivity contribution is 1.26. The van der Waals surface area contributed by atoms with Gasteiger partial charge in [0.25, 0.3) is 6.71 Å². The maximum atomic E-state index is 2.55. The summed E-state index contributed by atoms with van der Waals surface area (Å²) in [6.07, 6.45) is 0. The number of para-hydroxylation sites is 2. The molecule has 0 aliphatic carbocycles. The zero-order valence-electron chi connectivity index (χ0n) is 24.0. The first-order chi connectivity index (χ1) is 21.8. The van der Waals surface area contributed by atoms with Crippen LogP contribution in [0.1, 0.15) is 5.56 Å². The highest BCUT2D eigenvalue weighted by atomic mass is 32.1. The molecule has 6 aromatic carbocycles. The van der Waals surface area contributed by atoms with Crippen LogP contribution < -0.4 is 25.5 Å². The van der Waals surface area contributed by atoms with Gasteiger partial charge in [-0.15, -0.1) is 22.7 Å². The summed E-state index contributed by atoms with van der Waals surface area (Å²) in [7, 11) is 0. The molecule has 0 spiro atoms. The summed E-state index contributed by atoms with van der Waals surface area (Å²) in [6.45, 7) is 2.40. The molecular formula is C39H25BN2S2. The average molecular weight is 597 g/mol. The molecule has 8 aromatic rings. The van der Waals surface area contributed by atoms with Crippen LogP contribution in [0.3, 0.4) is 0 Å². The maximum absolute atomic E-state index is 2.55. The summed E-state index contributed by atoms with van der Waals surface area (Å²) in [5.41, 5.74) is 11.6. The van der Waals surface area contributed by atoms with Crippen molar-refractivity contribution < 1.29 is 0 Å². The van der Waals surface area contributed by atoms with E-state index in [1.807, 2.05) is 22.7 Å². The lowest BCUT2D eigenvalue weighted by Crippen LogP contribution is -2.60. The van der Waals surface area contributed by atoms with E-state index in [0.29, 0.717) is 0 Å². The number of nitrogens with zero attached hydrogens (tertiary/aromatic N) is 2. The third kappa shape index (κ3) is 3.26. The molecule has 0 saturated carbocycles. The van der Waals surface area contributed by atoms with Crippen LogP contribution in [0.15, 0.2) is 133 Å². The van der Waals surface area contributed by atoms with Gasteiger partial charge in [0.05, 0.1) is 16.1 Å². The molecule has 10 rings (SSSR count). The van der Waals surface area contributed by atoms with Crippen LogP contribution in [0.25, 0.3) is 30.3 Å². The van der Waals surface area contributed by atoms with Gasteiger partial charge in [0.2, 0.25) is 0 Å². The second-order valence-electron chi connectivity index (χ2n) is 11.8. The fourth-order valence-electron chi connectivity index (χ4n) is 7.53. The predicted octanol–water partition coefficient (Wildman–Crippen LogP) is 9.66. The van der Waals surface area contributed by atoms with Gasteiger partial charge in [0, 0.05) is 53.1 Å². The minimum atomic E-state index is 0.155. The monoisotopic (exact) mass is 596 g/mol. The third-order valence-electron chi connectivity index (χ3n) is 9.26. The van der Waals surface area contributed by atoms with Gasteiger partial charge < -0.3 is 9.80 Å². The highest BCUT2D eigenvalue weighted by molar-refractivity contribution is 7.33. The fraction of sp³-hybridized carbons (Fsp3) is 0.0256. The molecule has 0 saturated heterocycles. The van der Waals surface area contributed by atoms with Crippen LogP contribution in [0, 0.1) is 6.92 Å². The molecule has 5 heteroatoms. The Morgan fingerprint density at radius 3 is 2.00 bits per heavy atom. The van der Waals surface area contributed by atoms with Gasteiger partial charge in [-0.3, -0.25) is 0 Å². The van der Waals surface area contributed by atoms with E-state index >= 15 is 0 Å². The first-order valence-electron chi connectivity index (χ1n) is 15.1. The number of benzene rings is 6. The largest absolute Gasteiger partial charge is 0.310 e. The first kappa shape index (κ1) is 24.6. The Hall–Kier alpha value is -4.84. The van der Waals surface area contributed by atoms with Crippen LogP contribution >= 0.6 is 22.7 Å². The minimum Gasteiger partial charge on any atom is -0.310 e. The molecule has 4 heterocycles. The van der Waals surface area contributed by atoms with Crippen molar-refractivity contribution in [3.8, 4) is 0 Å². The van der Waals surface area contributed by atoms with Crippen molar-refractivity contribution in [3.63, 3.8) is 0 Å². The van der Waals surface area contributed by atoms with Crippen LogP contribution in [-0.4, -0.2) is 6.71 Å². The Morgan fingerprint density at radius 1 is 0.523 bits per heavy atom. The summed E-state index contributed by atoms with van der Waals surface area (Å²) in [5, 5.41) is 3.97. The second-order valence-corrected chi connectivity index (χ2v) is 13.9. The topological polar surface area (TPSA) is 6.48 Å². The number of hydrogen-bond acceptors (Lipinski definition) is 4. The molecule has 0 radical (unpaired) electrons. The van der Waals surface area contributed by atoms with Crippen molar-refractivity contribution in [2.24, 2.45) is 0 Å². The van der Waals surface area contributed by atoms with Crippen LogP contribution in [-0.2, 0) is 0 Å². The Kier molecular flexibility index (Phi) is 5.08. The molecule has 0 atom stereocenters. The molecule has 44 heavy (non-hydrogen) atoms. The van der Waals surface area contributed by atoms with Crippen LogP contribution in [0.5, 0.6) is 0 Å². The Labute approximate surface area is 264 Å². The lowest BCUT2D eigenvalue weighted by atomic mass is 9.36. The van der Waals surface area contributed by atoms with Gasteiger partial charge in [-0.05, 0) is 71.9 Å². The number of rotatable bonds is 2. The van der Waals surface area contributed by atoms with Gasteiger partial charge in [-0.2, -0.15) is 0 Å². The number of thiophene rings is 2. The van der Waals surface area contributed by atoms with E-state index in [-0.39, 0.29) is 6.71 Å². The number of aryl methyl sites for hydroxylation is 1. The zero-order valence-corrected chi connectivity index (χ0v) is 25.6. The quantitative estimate of drug-likeness (QED) is 0.183. The molecule has 2 aliphatic rings. The van der Waals surface area contributed by atoms with Crippen molar-refractivity contribution in [1.29, 1.82) is 0 Å². The molecule has 0 unspecified atom stereocenters. The van der Waals surface area contributed by atoms with Crippen molar-refractivity contribution in [2.75, 3.05) is 9.80 Å². The molecule has 0 bridgehead atoms. The van der Waals surface area contributed by atoms with Crippen molar-refractivity contribution in [1.82, 2.24) is 0 Å². The van der Waals surface area contributed by atoms with E-state index in [9.17, 15) is 0 Å². The summed E-state index contributed by atoms with van der Waals surface area (Å²) >= 11 is 3.85. The van der Waals surface area contributed by atoms with Crippen LogP contribution in [0.2, 0.25) is 0 Å². The normalized spacial score (nSPS) is 13.4. The molecule has 0 N–H and O–H groups in total. The maximum Gasteiger partial charge on any atom is 0.264 e. The van der Waals surface area contributed by atoms with Gasteiger partial charge in [-0.1, -0.05) is 84.9 Å². The summed E-state index contributed by atoms with van der Waals surface area (Å²) in [4.78, 5) is 5.08. The van der Waals surface area contributed by atoms with Gasteiger partial charge in [0.15, 0.2) is 0 Å². The SMILES string of the molecule is Cc1cc2c3c(c1)N(c1cccc4c1sc1ccccc14)c1ccccc1B3c1sc3ccccc3c1N2c1ccccc1. The Bertz CT molecular complexity index is 2440. The lowest BCUT2D eigenvalue weighted by Gasteiger charge is -2.43. The summed E-state index contributed by atoms with van der Waals surface area (Å²) in [5.74, 6) is 0. The number of hydrogen-bond donors (Lipinski definition) is 0. The molecule has 0 amide bonds. The van der Waals surface area contributed by atoms with E-state index in [2.05, 4.69) is 150 Å². The first-order valence-corrected chi connectivity index (χ1v) is 16.7. The summed E-state index contributed by atoms with van der Waals surface area (Å²) in [6, 6.07) is 49.4. The Morgan fingerprint density at radius 2 is 1.16 bits per heavy atom. The molecular weight excluding hydrogens is 571 g/mol. The predicted molar refractivity (Wildman–Crippen MR) is 193 cm³/mol. The van der Waals surface area contributed by atoms with Gasteiger partial charge in [-0.25, -0.2) is 0 Å². The smallest absolute Gasteiger partial charge is 0.264 e. The Balaban J connectivity index is 1.34. The average Bonchev–Trinajstić information content (AvgIpc) is 3.64. The number of fused-ring (bicyclic) bond motifs is 9. The molecule has 0 fully saturated rings. The third-order valence-corrected chi connectivity index (χ3v) is 11.7. The fourth-order valence-corrected chi connectivity index (χ4v) is 10.1. The van der Waals surface area contributed by atoms with E-state index in [1.54, 1.807) is 0 Å². The molecule has 2 aliphatic heterocycles. The molecule has 2 aromatic heterocycles. The van der Waals surface area contributed by atoms with Crippen molar-refractivity contribution in [2.45, 2.75) is 6.92 Å². The molecule has 206 valence electrons. The minimum absolute atomic E-state index is 0.155. The zero-order chi connectivity index (χ0) is 28.9. The van der Waals surface area contributed by atoms with E-state index in [4.69, 9.17) is 0 Å².